The summed E-state index contributed by atoms with van der Waals surface area (Å²) in [4.78, 5) is 29.6. The monoisotopic (exact) mass is 316 g/mol. The maximum Gasteiger partial charge on any atom is 0.343 e. The van der Waals surface area contributed by atoms with E-state index in [9.17, 15) is 9.59 Å². The molecule has 0 atom stereocenters. The van der Waals surface area contributed by atoms with Crippen LogP contribution in [0.4, 0.5) is 0 Å². The number of esters is 1. The molecule has 0 aliphatic carbocycles. The highest BCUT2D eigenvalue weighted by atomic mass is 35.5. The van der Waals surface area contributed by atoms with E-state index in [2.05, 4.69) is 4.98 Å². The third-order valence-corrected chi connectivity index (χ3v) is 2.71. The molecule has 0 spiro atoms. The molecule has 0 fully saturated rings. The van der Waals surface area contributed by atoms with E-state index in [4.69, 9.17) is 27.9 Å². The van der Waals surface area contributed by atoms with Gasteiger partial charge in [0.25, 0.3) is 0 Å². The number of Topliss-reactive ketones (excluding diaryl/α,β-unsaturated/α-hetero) is 1. The standard InChI is InChI=1S/C13H14Cl2N2O3/c1-4-20-13(19)9(7-17(2)3)12(18)8-6-16-11(15)5-10(8)14/h5-7H,4H2,1-3H3/b9-7-. The normalized spacial score (nSPS) is 11.2. The Morgan fingerprint density at radius 1 is 1.40 bits per heavy atom. The summed E-state index contributed by atoms with van der Waals surface area (Å²) in [5.41, 5.74) is -0.0277. The second-order valence-corrected chi connectivity index (χ2v) is 4.84. The highest BCUT2D eigenvalue weighted by Crippen LogP contribution is 2.22. The van der Waals surface area contributed by atoms with Crippen LogP contribution in [0.2, 0.25) is 10.2 Å². The zero-order chi connectivity index (χ0) is 15.3. The van der Waals surface area contributed by atoms with Gasteiger partial charge in [-0.25, -0.2) is 9.78 Å². The third-order valence-electron chi connectivity index (χ3n) is 2.19. The Bertz CT molecular complexity index is 557. The molecule has 5 nitrogen and oxygen atoms in total. The largest absolute Gasteiger partial charge is 0.462 e. The number of pyridine rings is 1. The molecular formula is C13H14Cl2N2O3. The van der Waals surface area contributed by atoms with Crippen LogP contribution in [0.5, 0.6) is 0 Å². The molecule has 0 saturated heterocycles. The number of halogens is 2. The molecule has 1 rings (SSSR count). The molecule has 108 valence electrons. The first-order valence-corrected chi connectivity index (χ1v) is 6.53. The lowest BCUT2D eigenvalue weighted by Gasteiger charge is -2.11. The Kier molecular flexibility index (Phi) is 5.98. The minimum absolute atomic E-state index is 0.0946. The summed E-state index contributed by atoms with van der Waals surface area (Å²) >= 11 is 11.6. The van der Waals surface area contributed by atoms with Gasteiger partial charge in [-0.1, -0.05) is 23.2 Å². The van der Waals surface area contributed by atoms with Crippen LogP contribution in [0.25, 0.3) is 0 Å². The van der Waals surface area contributed by atoms with Gasteiger partial charge in [0.15, 0.2) is 0 Å². The maximum atomic E-state index is 12.4. The lowest BCUT2D eigenvalue weighted by Crippen LogP contribution is -2.19. The minimum atomic E-state index is -0.711. The van der Waals surface area contributed by atoms with Gasteiger partial charge in [-0.2, -0.15) is 0 Å². The topological polar surface area (TPSA) is 59.5 Å². The van der Waals surface area contributed by atoms with Gasteiger partial charge in [-0.15, -0.1) is 0 Å². The summed E-state index contributed by atoms with van der Waals surface area (Å²) in [6, 6.07) is 1.34. The number of carbonyl (C=O) groups is 2. The number of nitrogens with zero attached hydrogens (tertiary/aromatic N) is 2. The van der Waals surface area contributed by atoms with E-state index in [1.807, 2.05) is 0 Å². The number of hydrogen-bond donors (Lipinski definition) is 0. The van der Waals surface area contributed by atoms with Crippen molar-refractivity contribution in [1.82, 2.24) is 9.88 Å². The van der Waals surface area contributed by atoms with Crippen LogP contribution < -0.4 is 0 Å². The van der Waals surface area contributed by atoms with Gasteiger partial charge in [-0.3, -0.25) is 4.79 Å². The van der Waals surface area contributed by atoms with Gasteiger partial charge in [0.05, 0.1) is 17.2 Å². The fraction of sp³-hybridized carbons (Fsp3) is 0.308. The Balaban J connectivity index is 3.20. The highest BCUT2D eigenvalue weighted by molar-refractivity contribution is 6.38. The molecule has 1 heterocycles. The van der Waals surface area contributed by atoms with Crippen LogP contribution in [0.15, 0.2) is 24.0 Å². The molecule has 0 saturated carbocycles. The number of rotatable bonds is 5. The van der Waals surface area contributed by atoms with Gasteiger partial charge in [0.1, 0.15) is 10.7 Å². The molecule has 0 aromatic carbocycles. The van der Waals surface area contributed by atoms with Crippen molar-refractivity contribution >= 4 is 35.0 Å². The zero-order valence-corrected chi connectivity index (χ0v) is 12.8. The number of hydrogen-bond acceptors (Lipinski definition) is 5. The third kappa shape index (κ3) is 4.21. The van der Waals surface area contributed by atoms with Crippen molar-refractivity contribution in [2.24, 2.45) is 0 Å². The number of ether oxygens (including phenoxy) is 1. The molecular weight excluding hydrogens is 303 g/mol. The molecule has 20 heavy (non-hydrogen) atoms. The fourth-order valence-electron chi connectivity index (χ4n) is 1.39. The van der Waals surface area contributed by atoms with Gasteiger partial charge in [0.2, 0.25) is 5.78 Å². The summed E-state index contributed by atoms with van der Waals surface area (Å²) < 4.78 is 4.87. The first-order valence-electron chi connectivity index (χ1n) is 5.78. The van der Waals surface area contributed by atoms with Crippen molar-refractivity contribution in [2.75, 3.05) is 20.7 Å². The summed E-state index contributed by atoms with van der Waals surface area (Å²) in [7, 11) is 3.38. The lowest BCUT2D eigenvalue weighted by atomic mass is 10.1. The van der Waals surface area contributed by atoms with Crippen molar-refractivity contribution in [3.05, 3.63) is 39.8 Å². The molecule has 1 aromatic heterocycles. The Morgan fingerprint density at radius 3 is 2.55 bits per heavy atom. The molecule has 0 unspecified atom stereocenters. The van der Waals surface area contributed by atoms with E-state index in [0.29, 0.717) is 0 Å². The summed E-state index contributed by atoms with van der Waals surface area (Å²) in [6.45, 7) is 1.83. The summed E-state index contributed by atoms with van der Waals surface area (Å²) in [6.07, 6.45) is 2.61. The smallest absolute Gasteiger partial charge is 0.343 e. The van der Waals surface area contributed by atoms with Gasteiger partial charge < -0.3 is 9.64 Å². The first-order chi connectivity index (χ1) is 9.36. The van der Waals surface area contributed by atoms with Crippen LogP contribution in [-0.4, -0.2) is 42.3 Å². The molecule has 0 aliphatic rings. The van der Waals surface area contributed by atoms with Gasteiger partial charge in [-0.05, 0) is 13.0 Å². The van der Waals surface area contributed by atoms with E-state index < -0.39 is 11.8 Å². The van der Waals surface area contributed by atoms with Crippen LogP contribution in [0.3, 0.4) is 0 Å². The summed E-state index contributed by atoms with van der Waals surface area (Å²) in [5, 5.41) is 0.296. The lowest BCUT2D eigenvalue weighted by molar-refractivity contribution is -0.138. The highest BCUT2D eigenvalue weighted by Gasteiger charge is 2.24. The van der Waals surface area contributed by atoms with E-state index in [1.165, 1.54) is 18.5 Å². The van der Waals surface area contributed by atoms with Crippen LogP contribution in [-0.2, 0) is 9.53 Å². The SMILES string of the molecule is CCOC(=O)/C(=C\N(C)C)C(=O)c1cnc(Cl)cc1Cl. The predicted molar refractivity (Wildman–Crippen MR) is 77.0 cm³/mol. The van der Waals surface area contributed by atoms with Crippen molar-refractivity contribution < 1.29 is 14.3 Å². The van der Waals surface area contributed by atoms with Crippen LogP contribution >= 0.6 is 23.2 Å². The van der Waals surface area contributed by atoms with Gasteiger partial charge in [0, 0.05) is 26.5 Å². The number of aromatic nitrogens is 1. The first kappa shape index (κ1) is 16.5. The molecule has 0 N–H and O–H groups in total. The quantitative estimate of drug-likeness (QED) is 0.209. The molecule has 7 heteroatoms. The zero-order valence-electron chi connectivity index (χ0n) is 11.3. The van der Waals surface area contributed by atoms with E-state index in [0.717, 1.165) is 0 Å². The molecule has 0 aliphatic heterocycles. The van der Waals surface area contributed by atoms with E-state index >= 15 is 0 Å². The molecule has 0 bridgehead atoms. The van der Waals surface area contributed by atoms with E-state index in [1.54, 1.807) is 25.9 Å². The molecule has 1 aromatic rings. The average molecular weight is 317 g/mol. The van der Waals surface area contributed by atoms with E-state index in [-0.39, 0.29) is 27.9 Å². The minimum Gasteiger partial charge on any atom is -0.462 e. The second-order valence-electron chi connectivity index (χ2n) is 4.04. The number of carbonyl (C=O) groups excluding carboxylic acids is 2. The van der Waals surface area contributed by atoms with Crippen molar-refractivity contribution in [3.8, 4) is 0 Å². The molecule has 0 amide bonds. The molecule has 0 radical (unpaired) electrons. The van der Waals surface area contributed by atoms with Crippen molar-refractivity contribution in [2.45, 2.75) is 6.92 Å². The second kappa shape index (κ2) is 7.26. The fourth-order valence-corrected chi connectivity index (χ4v) is 1.84. The predicted octanol–water partition coefficient (Wildman–Crippen LogP) is 2.58. The number of ketones is 1. The summed E-state index contributed by atoms with van der Waals surface area (Å²) in [5.74, 6) is -1.27. The Labute approximate surface area is 127 Å². The Morgan fingerprint density at radius 2 is 2.05 bits per heavy atom. The van der Waals surface area contributed by atoms with Gasteiger partial charge >= 0.3 is 5.97 Å². The van der Waals surface area contributed by atoms with Crippen LogP contribution in [0.1, 0.15) is 17.3 Å². The van der Waals surface area contributed by atoms with Crippen LogP contribution in [0, 0.1) is 0 Å². The maximum absolute atomic E-state index is 12.4. The van der Waals surface area contributed by atoms with Crippen molar-refractivity contribution in [1.29, 1.82) is 0 Å². The van der Waals surface area contributed by atoms with Crippen molar-refractivity contribution in [3.63, 3.8) is 0 Å². The average Bonchev–Trinajstić information content (AvgIpc) is 2.35. The Hall–Kier alpha value is -1.59.